The summed E-state index contributed by atoms with van der Waals surface area (Å²) in [4.78, 5) is 15.8. The molecule has 13 heteroatoms. The van der Waals surface area contributed by atoms with Gasteiger partial charge in [-0.3, -0.25) is 4.79 Å². The first-order valence-electron chi connectivity index (χ1n) is 14.6. The van der Waals surface area contributed by atoms with E-state index in [1.807, 2.05) is 0 Å². The number of benzene rings is 2. The van der Waals surface area contributed by atoms with Crippen molar-refractivity contribution < 1.29 is 43.9 Å². The molecule has 0 N–H and O–H groups in total. The molecule has 4 aliphatic carbocycles. The van der Waals surface area contributed by atoms with Gasteiger partial charge in [0, 0.05) is 22.5 Å². The van der Waals surface area contributed by atoms with Crippen LogP contribution in [0.15, 0.2) is 47.4 Å². The summed E-state index contributed by atoms with van der Waals surface area (Å²) in [6.45, 7) is 2.25. The Morgan fingerprint density at radius 2 is 1.43 bits per heavy atom. The number of carbonyl (C=O) groups excluding carboxylic acids is 1. The second-order valence-electron chi connectivity index (χ2n) is 13.3. The van der Waals surface area contributed by atoms with Crippen LogP contribution in [0.2, 0.25) is 5.02 Å². The molecule has 2 aromatic rings. The maximum absolute atomic E-state index is 15.1. The van der Waals surface area contributed by atoms with Gasteiger partial charge in [-0.05, 0) is 98.6 Å². The van der Waals surface area contributed by atoms with Crippen LogP contribution in [-0.2, 0) is 31.5 Å². The molecule has 2 bridgehead atoms. The molecule has 4 nitrogen and oxygen atoms in total. The van der Waals surface area contributed by atoms with Crippen molar-refractivity contribution in [2.75, 3.05) is 6.54 Å². The van der Waals surface area contributed by atoms with Crippen LogP contribution in [-0.4, -0.2) is 44.2 Å². The highest BCUT2D eigenvalue weighted by Gasteiger charge is 2.74. The van der Waals surface area contributed by atoms with Crippen molar-refractivity contribution in [1.82, 2.24) is 4.90 Å². The molecule has 4 fully saturated rings. The quantitative estimate of drug-likeness (QED) is 0.310. The van der Waals surface area contributed by atoms with Crippen molar-refractivity contribution in [2.45, 2.75) is 98.4 Å². The molecule has 2 unspecified atom stereocenters. The van der Waals surface area contributed by atoms with E-state index in [1.165, 1.54) is 24.3 Å². The molecular formula is C31H31ClF7NO3S. The molecule has 44 heavy (non-hydrogen) atoms. The van der Waals surface area contributed by atoms with Gasteiger partial charge in [-0.2, -0.15) is 26.3 Å². The highest BCUT2D eigenvalue weighted by Crippen LogP contribution is 2.60. The molecule has 0 radical (unpaired) electrons. The topological polar surface area (TPSA) is 54.5 Å². The van der Waals surface area contributed by atoms with Gasteiger partial charge in [-0.15, -0.1) is 0 Å². The summed E-state index contributed by atoms with van der Waals surface area (Å²) in [5.74, 6) is -0.144. The van der Waals surface area contributed by atoms with Gasteiger partial charge in [-0.1, -0.05) is 36.7 Å². The summed E-state index contributed by atoms with van der Waals surface area (Å²) in [6, 6.07) is 6.17. The third-order valence-corrected chi connectivity index (χ3v) is 13.8. The minimum atomic E-state index is -6.31. The minimum Gasteiger partial charge on any atom is -0.337 e. The van der Waals surface area contributed by atoms with E-state index in [9.17, 15) is 39.6 Å². The standard InChI is InChI=1S/C31H31ClF7NO3S/c1-26-10-13-27(14-11-26,15-12-26)25(41)40-17-16-28(44(42,43)22-6-4-21(32)5-7-22)23-8-3-20(18-19(23)2-9-24(28)40)29(33,30(34,35)36)31(37,38)39/h3-8,18,24H,2,9-17H2,1H3. The van der Waals surface area contributed by atoms with Gasteiger partial charge in [0.25, 0.3) is 0 Å². The molecule has 0 aromatic heterocycles. The lowest BCUT2D eigenvalue weighted by molar-refractivity contribution is -0.348. The molecule has 240 valence electrons. The molecule has 1 saturated heterocycles. The summed E-state index contributed by atoms with van der Waals surface area (Å²) in [7, 11) is -4.41. The first kappa shape index (κ1) is 31.6. The van der Waals surface area contributed by atoms with Crippen molar-refractivity contribution in [2.24, 2.45) is 10.8 Å². The number of amides is 1. The molecule has 5 aliphatic rings. The fourth-order valence-corrected chi connectivity index (χ4v) is 10.8. The van der Waals surface area contributed by atoms with E-state index >= 15 is 4.39 Å². The van der Waals surface area contributed by atoms with E-state index in [0.29, 0.717) is 31.4 Å². The number of hydrogen-bond donors (Lipinski definition) is 0. The second-order valence-corrected chi connectivity index (χ2v) is 15.9. The number of aryl methyl sites for hydroxylation is 1. The van der Waals surface area contributed by atoms with E-state index in [-0.39, 0.29) is 58.2 Å². The lowest BCUT2D eigenvalue weighted by Crippen LogP contribution is -2.57. The lowest BCUT2D eigenvalue weighted by atomic mass is 9.54. The van der Waals surface area contributed by atoms with Gasteiger partial charge in [0.2, 0.25) is 5.91 Å². The van der Waals surface area contributed by atoms with Gasteiger partial charge in [0.05, 0.1) is 10.9 Å². The summed E-state index contributed by atoms with van der Waals surface area (Å²) in [6.07, 6.45) is -8.24. The Morgan fingerprint density at radius 3 is 1.98 bits per heavy atom. The minimum absolute atomic E-state index is 0.00758. The SMILES string of the molecule is CC12CCC(C(=O)N3CCC4(S(=O)(=O)c5ccc(Cl)cc5)c5ccc(C(F)(C(F)(F)F)C(F)(F)F)cc5CCC34)(CC1)CC2. The zero-order chi connectivity index (χ0) is 32.1. The maximum atomic E-state index is 15.1. The fourth-order valence-electron chi connectivity index (χ4n) is 8.30. The normalized spacial score (nSPS) is 30.7. The van der Waals surface area contributed by atoms with Crippen molar-refractivity contribution in [1.29, 1.82) is 0 Å². The van der Waals surface area contributed by atoms with Gasteiger partial charge in [-0.25, -0.2) is 12.8 Å². The number of rotatable bonds is 4. The molecule has 1 heterocycles. The summed E-state index contributed by atoms with van der Waals surface area (Å²) in [5, 5.41) is 0.259. The van der Waals surface area contributed by atoms with E-state index in [4.69, 9.17) is 11.6 Å². The van der Waals surface area contributed by atoms with Crippen LogP contribution in [0.1, 0.15) is 75.0 Å². The van der Waals surface area contributed by atoms with E-state index in [2.05, 4.69) is 6.92 Å². The van der Waals surface area contributed by atoms with Crippen molar-refractivity contribution in [3.8, 4) is 0 Å². The number of alkyl halides is 7. The first-order chi connectivity index (χ1) is 20.3. The number of fused-ring (bicyclic) bond motifs is 6. The molecule has 7 rings (SSSR count). The Morgan fingerprint density at radius 1 is 0.864 bits per heavy atom. The van der Waals surface area contributed by atoms with Crippen molar-refractivity contribution in [3.63, 3.8) is 0 Å². The Kier molecular flexibility index (Phi) is 7.07. The van der Waals surface area contributed by atoms with Crippen LogP contribution >= 0.6 is 11.6 Å². The third-order valence-electron chi connectivity index (χ3n) is 11.0. The zero-order valence-corrected chi connectivity index (χ0v) is 25.4. The highest BCUT2D eigenvalue weighted by molar-refractivity contribution is 7.92. The predicted octanol–water partition coefficient (Wildman–Crippen LogP) is 8.21. The Bertz CT molecular complexity index is 1570. The monoisotopic (exact) mass is 665 g/mol. The Hall–Kier alpha value is -2.34. The predicted molar refractivity (Wildman–Crippen MR) is 148 cm³/mol. The Labute approximate surface area is 255 Å². The number of halogens is 8. The number of nitrogens with zero attached hydrogens (tertiary/aromatic N) is 1. The van der Waals surface area contributed by atoms with Crippen LogP contribution in [0.4, 0.5) is 30.7 Å². The molecule has 1 aliphatic heterocycles. The highest BCUT2D eigenvalue weighted by atomic mass is 35.5. The molecule has 1 amide bonds. The summed E-state index contributed by atoms with van der Waals surface area (Å²) >= 11 is 6.00. The fraction of sp³-hybridized carbons (Fsp3) is 0.581. The second kappa shape index (κ2) is 9.83. The number of likely N-dealkylation sites (tertiary alicyclic amines) is 1. The van der Waals surface area contributed by atoms with Crippen molar-refractivity contribution in [3.05, 3.63) is 64.2 Å². The average Bonchev–Trinajstić information content (AvgIpc) is 3.37. The number of carbonyl (C=O) groups is 1. The van der Waals surface area contributed by atoms with Crippen molar-refractivity contribution >= 4 is 27.3 Å². The zero-order valence-electron chi connectivity index (χ0n) is 23.8. The summed E-state index contributed by atoms with van der Waals surface area (Å²) in [5.41, 5.74) is -7.89. The molecule has 3 saturated carbocycles. The smallest absolute Gasteiger partial charge is 0.337 e. The van der Waals surface area contributed by atoms with Gasteiger partial charge in [0.15, 0.2) is 9.84 Å². The first-order valence-corrected chi connectivity index (χ1v) is 16.5. The van der Waals surface area contributed by atoms with Crippen LogP contribution in [0.5, 0.6) is 0 Å². The van der Waals surface area contributed by atoms with Crippen LogP contribution < -0.4 is 0 Å². The van der Waals surface area contributed by atoms with E-state index < -0.39 is 49.6 Å². The molecule has 2 atom stereocenters. The van der Waals surface area contributed by atoms with E-state index in [1.54, 1.807) is 4.90 Å². The Balaban J connectivity index is 1.49. The van der Waals surface area contributed by atoms with E-state index in [0.717, 1.165) is 25.3 Å². The molecule has 0 spiro atoms. The average molecular weight is 666 g/mol. The van der Waals surface area contributed by atoms with Crippen LogP contribution in [0.25, 0.3) is 0 Å². The largest absolute Gasteiger partial charge is 0.435 e. The van der Waals surface area contributed by atoms with Gasteiger partial charge in [0.1, 0.15) is 4.75 Å². The van der Waals surface area contributed by atoms with Crippen LogP contribution in [0, 0.1) is 10.8 Å². The summed E-state index contributed by atoms with van der Waals surface area (Å²) < 4.78 is 124. The number of hydrogen-bond acceptors (Lipinski definition) is 3. The third kappa shape index (κ3) is 4.28. The lowest BCUT2D eigenvalue weighted by Gasteiger charge is -2.53. The van der Waals surface area contributed by atoms with Gasteiger partial charge >= 0.3 is 18.0 Å². The molecular weight excluding hydrogens is 635 g/mol. The van der Waals surface area contributed by atoms with Gasteiger partial charge < -0.3 is 4.90 Å². The maximum Gasteiger partial charge on any atom is 0.435 e. The molecule has 2 aromatic carbocycles. The van der Waals surface area contributed by atoms with Crippen LogP contribution in [0.3, 0.4) is 0 Å². The number of sulfone groups is 1.